The number of hydrogen-bond acceptors (Lipinski definition) is 6. The number of para-hydroxylation sites is 1. The molecule has 0 bridgehead atoms. The van der Waals surface area contributed by atoms with Crippen LogP contribution in [0, 0.1) is 11.6 Å². The number of halogens is 3. The summed E-state index contributed by atoms with van der Waals surface area (Å²) in [7, 11) is 1.66. The molecule has 1 fully saturated rings. The van der Waals surface area contributed by atoms with E-state index in [1.807, 2.05) is 13.8 Å². The summed E-state index contributed by atoms with van der Waals surface area (Å²) in [5.41, 5.74) is 1.22. The second kappa shape index (κ2) is 10.5. The number of ether oxygens (including phenoxy) is 2. The Kier molecular flexibility index (Phi) is 8.13. The molecule has 186 valence electrons. The van der Waals surface area contributed by atoms with E-state index in [-0.39, 0.29) is 48.2 Å². The van der Waals surface area contributed by atoms with Crippen LogP contribution in [0.5, 0.6) is 11.6 Å². The zero-order chi connectivity index (χ0) is 23.8. The summed E-state index contributed by atoms with van der Waals surface area (Å²) in [5.74, 6) is -2.17. The van der Waals surface area contributed by atoms with Crippen molar-refractivity contribution >= 4 is 24.0 Å². The highest BCUT2D eigenvalue weighted by molar-refractivity contribution is 5.97. The highest BCUT2D eigenvalue weighted by atomic mass is 35.5. The summed E-state index contributed by atoms with van der Waals surface area (Å²) < 4.78 is 38.9. The lowest BCUT2D eigenvalue weighted by atomic mass is 9.88. The Hall–Kier alpha value is -2.33. The Balaban J connectivity index is 0.00000324. The third-order valence-corrected chi connectivity index (χ3v) is 6.28. The first kappa shape index (κ1) is 26.3. The minimum absolute atomic E-state index is 0. The van der Waals surface area contributed by atoms with Gasteiger partial charge in [0.15, 0.2) is 11.6 Å². The minimum Gasteiger partial charge on any atom is -0.433 e. The molecule has 1 amide bonds. The highest BCUT2D eigenvalue weighted by Crippen LogP contribution is 2.42. The van der Waals surface area contributed by atoms with Crippen LogP contribution < -0.4 is 15.0 Å². The van der Waals surface area contributed by atoms with E-state index in [2.05, 4.69) is 22.1 Å². The lowest BCUT2D eigenvalue weighted by molar-refractivity contribution is -0.121. The molecule has 1 saturated heterocycles. The second-order valence-corrected chi connectivity index (χ2v) is 9.40. The number of nitrogens with one attached hydrogen (secondary N) is 1. The summed E-state index contributed by atoms with van der Waals surface area (Å²) in [6.45, 7) is 8.92. The molecule has 2 atom stereocenters. The summed E-state index contributed by atoms with van der Waals surface area (Å²) >= 11 is 0. The maximum atomic E-state index is 14.1. The van der Waals surface area contributed by atoms with Crippen LogP contribution in [0.3, 0.4) is 0 Å². The minimum atomic E-state index is -0.817. The van der Waals surface area contributed by atoms with Crippen molar-refractivity contribution in [2.24, 2.45) is 0 Å². The summed E-state index contributed by atoms with van der Waals surface area (Å²) in [6.07, 6.45) is 1.62. The fraction of sp³-hybridized carbons (Fsp3) is 0.500. The van der Waals surface area contributed by atoms with E-state index >= 15 is 0 Å². The van der Waals surface area contributed by atoms with Crippen LogP contribution in [-0.2, 0) is 14.9 Å². The van der Waals surface area contributed by atoms with Crippen LogP contribution in [0.25, 0.3) is 0 Å². The molecule has 0 radical (unpaired) electrons. The smallest absolute Gasteiger partial charge is 0.241 e. The second-order valence-electron chi connectivity index (χ2n) is 9.40. The van der Waals surface area contributed by atoms with Gasteiger partial charge in [0.05, 0.1) is 18.8 Å². The molecule has 0 aliphatic carbocycles. The van der Waals surface area contributed by atoms with Crippen molar-refractivity contribution in [1.29, 1.82) is 0 Å². The van der Waals surface area contributed by atoms with E-state index in [0.29, 0.717) is 18.8 Å². The number of amides is 1. The van der Waals surface area contributed by atoms with Crippen molar-refractivity contribution in [2.75, 3.05) is 44.8 Å². The number of hydrogen-bond donors (Lipinski definition) is 1. The number of carbonyl (C=O) groups is 1. The Bertz CT molecular complexity index is 1020. The summed E-state index contributed by atoms with van der Waals surface area (Å²) in [4.78, 5) is 21.6. The Morgan fingerprint density at radius 1 is 1.29 bits per heavy atom. The molecule has 0 saturated carbocycles. The van der Waals surface area contributed by atoms with Crippen molar-refractivity contribution in [3.8, 4) is 11.6 Å². The number of methoxy groups -OCH3 is 1. The van der Waals surface area contributed by atoms with E-state index in [9.17, 15) is 13.6 Å². The largest absolute Gasteiger partial charge is 0.433 e. The van der Waals surface area contributed by atoms with Gasteiger partial charge in [-0.15, -0.1) is 12.4 Å². The third-order valence-electron chi connectivity index (χ3n) is 6.28. The lowest BCUT2D eigenvalue weighted by Crippen LogP contribution is -2.59. The molecule has 3 heterocycles. The molecule has 2 aromatic rings. The fourth-order valence-corrected chi connectivity index (χ4v) is 4.54. The van der Waals surface area contributed by atoms with E-state index in [0.717, 1.165) is 30.8 Å². The molecular weight excluding hydrogens is 466 g/mol. The number of nitrogens with zero attached hydrogens (tertiary/aromatic N) is 3. The Morgan fingerprint density at radius 2 is 2.00 bits per heavy atom. The van der Waals surface area contributed by atoms with Gasteiger partial charge in [0.25, 0.3) is 0 Å². The van der Waals surface area contributed by atoms with Gasteiger partial charge in [-0.05, 0) is 19.1 Å². The summed E-state index contributed by atoms with van der Waals surface area (Å²) in [5, 5.41) is 3.43. The monoisotopic (exact) mass is 496 g/mol. The molecule has 10 heteroatoms. The number of piperazine rings is 1. The molecule has 2 aliphatic rings. The number of fused-ring (bicyclic) bond motifs is 1. The van der Waals surface area contributed by atoms with Gasteiger partial charge >= 0.3 is 0 Å². The number of carbonyl (C=O) groups excluding carboxylic acids is 1. The molecule has 1 aromatic carbocycles. The van der Waals surface area contributed by atoms with E-state index in [4.69, 9.17) is 9.47 Å². The van der Waals surface area contributed by atoms with Gasteiger partial charge in [-0.2, -0.15) is 0 Å². The molecule has 2 aliphatic heterocycles. The van der Waals surface area contributed by atoms with Gasteiger partial charge in [0, 0.05) is 62.1 Å². The predicted octanol–water partition coefficient (Wildman–Crippen LogP) is 3.51. The summed E-state index contributed by atoms with van der Waals surface area (Å²) in [6, 6.07) is 5.47. The molecule has 1 aromatic heterocycles. The molecular formula is C24H31ClF2N4O3. The topological polar surface area (TPSA) is 66.9 Å². The van der Waals surface area contributed by atoms with Crippen molar-refractivity contribution < 1.29 is 23.0 Å². The van der Waals surface area contributed by atoms with Crippen molar-refractivity contribution in [2.45, 2.75) is 38.3 Å². The molecule has 1 N–H and O–H groups in total. The van der Waals surface area contributed by atoms with Crippen LogP contribution >= 0.6 is 12.4 Å². The number of benzene rings is 1. The first-order valence-electron chi connectivity index (χ1n) is 11.1. The van der Waals surface area contributed by atoms with E-state index in [1.165, 1.54) is 6.07 Å². The number of anilines is 1. The maximum absolute atomic E-state index is 14.1. The number of aromatic nitrogens is 1. The molecule has 0 spiro atoms. The average Bonchev–Trinajstić information content (AvgIpc) is 3.03. The normalized spacial score (nSPS) is 21.6. The van der Waals surface area contributed by atoms with Crippen LogP contribution in [-0.4, -0.2) is 67.8 Å². The zero-order valence-electron chi connectivity index (χ0n) is 19.8. The SMILES string of the molecule is COC[C@H]1CN[C@H](C)CN1CC(=O)N1CC(C)(C)c2cnc(Oc3c(F)cccc3F)cc21.Cl. The Labute approximate surface area is 204 Å². The third kappa shape index (κ3) is 5.33. The van der Waals surface area contributed by atoms with Crippen molar-refractivity contribution in [3.63, 3.8) is 0 Å². The van der Waals surface area contributed by atoms with Crippen LogP contribution in [0.4, 0.5) is 14.5 Å². The first-order valence-corrected chi connectivity index (χ1v) is 11.1. The van der Waals surface area contributed by atoms with E-state index in [1.54, 1.807) is 24.3 Å². The van der Waals surface area contributed by atoms with Gasteiger partial charge < -0.3 is 19.7 Å². The lowest BCUT2D eigenvalue weighted by Gasteiger charge is -2.39. The molecule has 0 unspecified atom stereocenters. The van der Waals surface area contributed by atoms with Gasteiger partial charge in [-0.3, -0.25) is 9.69 Å². The fourth-order valence-electron chi connectivity index (χ4n) is 4.54. The zero-order valence-corrected chi connectivity index (χ0v) is 20.6. The molecule has 4 rings (SSSR count). The number of rotatable bonds is 6. The van der Waals surface area contributed by atoms with Crippen LogP contribution in [0.15, 0.2) is 30.5 Å². The predicted molar refractivity (Wildman–Crippen MR) is 128 cm³/mol. The quantitative estimate of drug-likeness (QED) is 0.660. The van der Waals surface area contributed by atoms with Crippen LogP contribution in [0.2, 0.25) is 0 Å². The van der Waals surface area contributed by atoms with Crippen molar-refractivity contribution in [3.05, 3.63) is 47.7 Å². The molecule has 34 heavy (non-hydrogen) atoms. The maximum Gasteiger partial charge on any atom is 0.241 e. The highest BCUT2D eigenvalue weighted by Gasteiger charge is 2.40. The number of pyridine rings is 1. The van der Waals surface area contributed by atoms with E-state index < -0.39 is 17.4 Å². The van der Waals surface area contributed by atoms with Gasteiger partial charge in [-0.1, -0.05) is 19.9 Å². The standard InChI is InChI=1S/C24H30F2N4O3.ClH/c1-15-11-29(16(9-27-15)13-32-4)12-22(31)30-14-24(2,3)17-10-28-21(8-20(17)30)33-23-18(25)6-5-7-19(23)26;/h5-8,10,15-16,27H,9,11-14H2,1-4H3;1H/t15-,16-;/m1./s1. The Morgan fingerprint density at radius 3 is 2.68 bits per heavy atom. The van der Waals surface area contributed by atoms with Crippen molar-refractivity contribution in [1.82, 2.24) is 15.2 Å². The van der Waals surface area contributed by atoms with Gasteiger partial charge in [0.2, 0.25) is 17.5 Å². The van der Waals surface area contributed by atoms with Crippen LogP contribution in [0.1, 0.15) is 26.3 Å². The van der Waals surface area contributed by atoms with Gasteiger partial charge in [0.1, 0.15) is 0 Å². The molecule has 7 nitrogen and oxygen atoms in total. The first-order chi connectivity index (χ1) is 15.7. The average molecular weight is 497 g/mol. The van der Waals surface area contributed by atoms with Gasteiger partial charge in [-0.25, -0.2) is 13.8 Å².